The van der Waals surface area contributed by atoms with Crippen LogP contribution < -0.4 is 0 Å². The molecule has 1 heteroatoms. The van der Waals surface area contributed by atoms with E-state index in [-0.39, 0.29) is 6.10 Å². The zero-order valence-electron chi connectivity index (χ0n) is 12.4. The molecule has 0 bridgehead atoms. The molecular weight excluding hydrogens is 208 g/mol. The van der Waals surface area contributed by atoms with Crippen LogP contribution in [0.1, 0.15) is 91.4 Å². The molecule has 1 nitrogen and oxygen atoms in total. The molecule has 17 heavy (non-hydrogen) atoms. The second kappa shape index (κ2) is 12.4. The van der Waals surface area contributed by atoms with E-state index in [9.17, 15) is 5.11 Å². The molecule has 0 aromatic rings. The molecule has 0 saturated carbocycles. The van der Waals surface area contributed by atoms with E-state index < -0.39 is 0 Å². The Hall–Kier alpha value is -0.0400. The summed E-state index contributed by atoms with van der Waals surface area (Å²) in [4.78, 5) is 0. The molecule has 0 radical (unpaired) electrons. The zero-order chi connectivity index (χ0) is 12.9. The van der Waals surface area contributed by atoms with E-state index in [0.717, 1.165) is 12.8 Å². The van der Waals surface area contributed by atoms with Crippen LogP contribution in [0, 0.1) is 5.92 Å². The number of hydrogen-bond acceptors (Lipinski definition) is 1. The molecule has 0 aliphatic rings. The summed E-state index contributed by atoms with van der Waals surface area (Å²) in [6.07, 6.45) is 13.8. The normalized spacial score (nSPS) is 14.8. The summed E-state index contributed by atoms with van der Waals surface area (Å²) in [6.45, 7) is 6.78. The topological polar surface area (TPSA) is 20.2 Å². The molecule has 1 N–H and O–H groups in total. The van der Waals surface area contributed by atoms with E-state index in [1.165, 1.54) is 57.8 Å². The maximum absolute atomic E-state index is 9.92. The van der Waals surface area contributed by atoms with Gasteiger partial charge >= 0.3 is 0 Å². The van der Waals surface area contributed by atoms with Crippen molar-refractivity contribution < 1.29 is 5.11 Å². The van der Waals surface area contributed by atoms with Crippen molar-refractivity contribution in [3.63, 3.8) is 0 Å². The summed E-state index contributed by atoms with van der Waals surface area (Å²) in [5.74, 6) is 0.702. The van der Waals surface area contributed by atoms with Gasteiger partial charge in [-0.05, 0) is 18.8 Å². The minimum absolute atomic E-state index is 0.0481. The maximum atomic E-state index is 9.92. The Bertz CT molecular complexity index is 128. The third-order valence-electron chi connectivity index (χ3n) is 3.62. The summed E-state index contributed by atoms with van der Waals surface area (Å²) in [5, 5.41) is 9.92. The van der Waals surface area contributed by atoms with Gasteiger partial charge in [-0.3, -0.25) is 0 Å². The average molecular weight is 242 g/mol. The molecule has 0 spiro atoms. The molecular formula is C16H34O. The first-order valence-electron chi connectivity index (χ1n) is 7.88. The fourth-order valence-electron chi connectivity index (χ4n) is 2.43. The lowest BCUT2D eigenvalue weighted by molar-refractivity contribution is 0.130. The van der Waals surface area contributed by atoms with E-state index in [4.69, 9.17) is 0 Å². The standard InChI is InChI=1S/C16H34O/c1-4-6-8-10-12-15(3)14-16(17)13-11-9-7-5-2/h15-17H,4-14H2,1-3H3. The number of aliphatic hydroxyl groups excluding tert-OH is 1. The Balaban J connectivity index is 3.35. The lowest BCUT2D eigenvalue weighted by Gasteiger charge is -2.16. The van der Waals surface area contributed by atoms with Crippen LogP contribution in [-0.4, -0.2) is 11.2 Å². The Labute approximate surface area is 109 Å². The van der Waals surface area contributed by atoms with Crippen molar-refractivity contribution in [2.45, 2.75) is 97.5 Å². The minimum Gasteiger partial charge on any atom is -0.393 e. The van der Waals surface area contributed by atoms with Crippen LogP contribution in [0.3, 0.4) is 0 Å². The SMILES string of the molecule is CCCCCCC(C)CC(O)CCCCCC. The van der Waals surface area contributed by atoms with Gasteiger partial charge in [0.15, 0.2) is 0 Å². The predicted octanol–water partition coefficient (Wildman–Crippen LogP) is 5.31. The van der Waals surface area contributed by atoms with E-state index >= 15 is 0 Å². The third-order valence-corrected chi connectivity index (χ3v) is 3.62. The molecule has 0 aromatic carbocycles. The first-order chi connectivity index (χ1) is 8.20. The van der Waals surface area contributed by atoms with Gasteiger partial charge in [0.25, 0.3) is 0 Å². The highest BCUT2D eigenvalue weighted by molar-refractivity contribution is 4.62. The van der Waals surface area contributed by atoms with Crippen molar-refractivity contribution in [1.82, 2.24) is 0 Å². The van der Waals surface area contributed by atoms with Gasteiger partial charge in [0.2, 0.25) is 0 Å². The summed E-state index contributed by atoms with van der Waals surface area (Å²) in [7, 11) is 0. The van der Waals surface area contributed by atoms with Crippen LogP contribution in [0.25, 0.3) is 0 Å². The summed E-state index contributed by atoms with van der Waals surface area (Å²) >= 11 is 0. The van der Waals surface area contributed by atoms with Crippen LogP contribution in [0.5, 0.6) is 0 Å². The van der Waals surface area contributed by atoms with Crippen LogP contribution in [0.2, 0.25) is 0 Å². The first kappa shape index (κ1) is 17.0. The van der Waals surface area contributed by atoms with E-state index in [1.807, 2.05) is 0 Å². The minimum atomic E-state index is -0.0481. The summed E-state index contributed by atoms with van der Waals surface area (Å²) in [5.41, 5.74) is 0. The van der Waals surface area contributed by atoms with Crippen LogP contribution in [-0.2, 0) is 0 Å². The summed E-state index contributed by atoms with van der Waals surface area (Å²) < 4.78 is 0. The van der Waals surface area contributed by atoms with E-state index in [1.54, 1.807) is 0 Å². The molecule has 104 valence electrons. The van der Waals surface area contributed by atoms with Gasteiger partial charge in [-0.15, -0.1) is 0 Å². The molecule has 0 amide bonds. The molecule has 0 aliphatic carbocycles. The van der Waals surface area contributed by atoms with Gasteiger partial charge < -0.3 is 5.11 Å². The van der Waals surface area contributed by atoms with Crippen LogP contribution in [0.15, 0.2) is 0 Å². The number of hydrogen-bond donors (Lipinski definition) is 1. The lowest BCUT2D eigenvalue weighted by Crippen LogP contribution is -2.11. The number of aliphatic hydroxyl groups is 1. The molecule has 0 rings (SSSR count). The predicted molar refractivity (Wildman–Crippen MR) is 77.3 cm³/mol. The number of rotatable bonds is 12. The molecule has 0 fully saturated rings. The molecule has 2 unspecified atom stereocenters. The second-order valence-electron chi connectivity index (χ2n) is 5.69. The highest BCUT2D eigenvalue weighted by Crippen LogP contribution is 2.18. The van der Waals surface area contributed by atoms with Crippen molar-refractivity contribution in [2.24, 2.45) is 5.92 Å². The van der Waals surface area contributed by atoms with Gasteiger partial charge in [-0.1, -0.05) is 78.6 Å². The van der Waals surface area contributed by atoms with Crippen molar-refractivity contribution in [3.05, 3.63) is 0 Å². The lowest BCUT2D eigenvalue weighted by atomic mass is 9.94. The Kier molecular flexibility index (Phi) is 12.4. The van der Waals surface area contributed by atoms with Crippen LogP contribution in [0.4, 0.5) is 0 Å². The van der Waals surface area contributed by atoms with Crippen molar-refractivity contribution >= 4 is 0 Å². The highest BCUT2D eigenvalue weighted by Gasteiger charge is 2.09. The Morgan fingerprint density at radius 1 is 0.765 bits per heavy atom. The van der Waals surface area contributed by atoms with Crippen molar-refractivity contribution in [1.29, 1.82) is 0 Å². The van der Waals surface area contributed by atoms with Crippen molar-refractivity contribution in [2.75, 3.05) is 0 Å². The second-order valence-corrected chi connectivity index (χ2v) is 5.69. The zero-order valence-corrected chi connectivity index (χ0v) is 12.4. The van der Waals surface area contributed by atoms with E-state index in [2.05, 4.69) is 20.8 Å². The Morgan fingerprint density at radius 3 is 1.82 bits per heavy atom. The van der Waals surface area contributed by atoms with Crippen LogP contribution >= 0.6 is 0 Å². The van der Waals surface area contributed by atoms with Crippen molar-refractivity contribution in [3.8, 4) is 0 Å². The highest BCUT2D eigenvalue weighted by atomic mass is 16.3. The monoisotopic (exact) mass is 242 g/mol. The van der Waals surface area contributed by atoms with Gasteiger partial charge in [0, 0.05) is 0 Å². The van der Waals surface area contributed by atoms with Gasteiger partial charge in [0.1, 0.15) is 0 Å². The third kappa shape index (κ3) is 12.2. The van der Waals surface area contributed by atoms with Gasteiger partial charge in [-0.25, -0.2) is 0 Å². The molecule has 0 saturated heterocycles. The fraction of sp³-hybridized carbons (Fsp3) is 1.00. The molecule has 0 aromatic heterocycles. The summed E-state index contributed by atoms with van der Waals surface area (Å²) in [6, 6.07) is 0. The molecule has 0 heterocycles. The maximum Gasteiger partial charge on any atom is 0.0542 e. The molecule has 0 aliphatic heterocycles. The fourth-order valence-corrected chi connectivity index (χ4v) is 2.43. The van der Waals surface area contributed by atoms with Gasteiger partial charge in [-0.2, -0.15) is 0 Å². The average Bonchev–Trinajstić information content (AvgIpc) is 2.30. The largest absolute Gasteiger partial charge is 0.393 e. The Morgan fingerprint density at radius 2 is 1.29 bits per heavy atom. The van der Waals surface area contributed by atoms with Gasteiger partial charge in [0.05, 0.1) is 6.10 Å². The molecule has 2 atom stereocenters. The first-order valence-corrected chi connectivity index (χ1v) is 7.88. The smallest absolute Gasteiger partial charge is 0.0542 e. The number of unbranched alkanes of at least 4 members (excludes halogenated alkanes) is 6. The quantitative estimate of drug-likeness (QED) is 0.460. The van der Waals surface area contributed by atoms with E-state index in [0.29, 0.717) is 5.92 Å².